The number of hydrogen-bond donors (Lipinski definition) is 0. The van der Waals surface area contributed by atoms with Gasteiger partial charge in [0.1, 0.15) is 0 Å². The zero-order valence-electron chi connectivity index (χ0n) is 11.3. The molecular weight excluding hydrogens is 213 g/mol. The van der Waals surface area contributed by atoms with Crippen LogP contribution in [0.3, 0.4) is 0 Å². The predicted octanol–water partition coefficient (Wildman–Crippen LogP) is 5.90. The summed E-state index contributed by atoms with van der Waals surface area (Å²) >= 11 is 0. The minimum absolute atomic E-state index is 0.471. The lowest BCUT2D eigenvalue weighted by Gasteiger charge is -2.06. The van der Waals surface area contributed by atoms with E-state index in [4.69, 9.17) is 0 Å². The fourth-order valence-corrected chi connectivity index (χ4v) is 0.758. The Morgan fingerprint density at radius 3 is 1.75 bits per heavy atom. The molecule has 0 aliphatic rings. The van der Waals surface area contributed by atoms with E-state index >= 15 is 0 Å². The van der Waals surface area contributed by atoms with Crippen LogP contribution < -0.4 is 0 Å². The van der Waals surface area contributed by atoms with Crippen molar-refractivity contribution in [3.63, 3.8) is 0 Å². The van der Waals surface area contributed by atoms with Gasteiger partial charge in [-0.15, -0.1) is 0 Å². The summed E-state index contributed by atoms with van der Waals surface area (Å²) in [5.41, 5.74) is -0.549. The predicted molar refractivity (Wildman–Crippen MR) is 66.6 cm³/mol. The fraction of sp³-hybridized carbons (Fsp3) is 0.692. The second kappa shape index (κ2) is 14.3. The van der Waals surface area contributed by atoms with Crippen LogP contribution in [0.25, 0.3) is 0 Å². The molecule has 0 N–H and O–H groups in total. The number of alkyl halides is 3. The van der Waals surface area contributed by atoms with Gasteiger partial charge in [-0.25, -0.2) is 0 Å². The summed E-state index contributed by atoms with van der Waals surface area (Å²) in [6, 6.07) is 0. The molecule has 0 aromatic heterocycles. The molecule has 16 heavy (non-hydrogen) atoms. The van der Waals surface area contributed by atoms with Crippen molar-refractivity contribution >= 4 is 0 Å². The molecule has 98 valence electrons. The van der Waals surface area contributed by atoms with Crippen LogP contribution in [0.15, 0.2) is 23.8 Å². The molecule has 0 aliphatic carbocycles. The van der Waals surface area contributed by atoms with E-state index in [0.29, 0.717) is 6.42 Å². The van der Waals surface area contributed by atoms with Gasteiger partial charge in [0.25, 0.3) is 0 Å². The molecule has 0 aromatic rings. The third-order valence-corrected chi connectivity index (χ3v) is 1.33. The van der Waals surface area contributed by atoms with Gasteiger partial charge in [-0.1, -0.05) is 59.3 Å². The first-order valence-corrected chi connectivity index (χ1v) is 5.92. The highest BCUT2D eigenvalue weighted by Gasteiger charge is 2.30. The van der Waals surface area contributed by atoms with Gasteiger partial charge in [0, 0.05) is 0 Å². The third-order valence-electron chi connectivity index (χ3n) is 1.33. The maximum Gasteiger partial charge on any atom is 0.416 e. The first-order chi connectivity index (χ1) is 7.52. The van der Waals surface area contributed by atoms with Gasteiger partial charge in [-0.05, 0) is 13.3 Å². The third kappa shape index (κ3) is 13.3. The molecule has 0 saturated heterocycles. The monoisotopic (exact) mass is 238 g/mol. The van der Waals surface area contributed by atoms with Crippen molar-refractivity contribution < 1.29 is 13.2 Å². The highest BCUT2D eigenvalue weighted by Crippen LogP contribution is 2.26. The number of rotatable bonds is 3. The average molecular weight is 238 g/mol. The number of unbranched alkanes of at least 4 members (excludes halogenated alkanes) is 1. The zero-order chi connectivity index (χ0) is 13.6. The molecule has 0 saturated carbocycles. The van der Waals surface area contributed by atoms with Gasteiger partial charge >= 0.3 is 6.18 Å². The largest absolute Gasteiger partial charge is 0.416 e. The van der Waals surface area contributed by atoms with Crippen molar-refractivity contribution in [3.05, 3.63) is 23.8 Å². The summed E-state index contributed by atoms with van der Waals surface area (Å²) in [6.07, 6.45) is 0.711. The van der Waals surface area contributed by atoms with E-state index in [0.717, 1.165) is 12.5 Å². The Balaban J connectivity index is -0.000000376. The molecule has 0 aliphatic heterocycles. The Morgan fingerprint density at radius 2 is 1.50 bits per heavy atom. The lowest BCUT2D eigenvalue weighted by Crippen LogP contribution is -2.09. The van der Waals surface area contributed by atoms with Crippen molar-refractivity contribution in [1.29, 1.82) is 0 Å². The molecule has 0 aromatic carbocycles. The molecule has 0 nitrogen and oxygen atoms in total. The van der Waals surface area contributed by atoms with E-state index in [1.807, 2.05) is 34.6 Å². The van der Waals surface area contributed by atoms with Crippen LogP contribution in [0, 0.1) is 0 Å². The summed E-state index contributed by atoms with van der Waals surface area (Å²) in [5, 5.41) is 0. The molecule has 0 atom stereocenters. The normalized spacial score (nSPS) is 11.4. The summed E-state index contributed by atoms with van der Waals surface area (Å²) in [6.45, 7) is 11.4. The Morgan fingerprint density at radius 1 is 1.06 bits per heavy atom. The Labute approximate surface area is 98.2 Å². The van der Waals surface area contributed by atoms with Crippen LogP contribution in [0.1, 0.15) is 54.4 Å². The zero-order valence-corrected chi connectivity index (χ0v) is 11.3. The summed E-state index contributed by atoms with van der Waals surface area (Å²) in [7, 11) is 0. The van der Waals surface area contributed by atoms with E-state index < -0.39 is 11.7 Å². The van der Waals surface area contributed by atoms with Crippen molar-refractivity contribution in [2.75, 3.05) is 0 Å². The molecule has 0 amide bonds. The molecular formula is C13H25F3. The van der Waals surface area contributed by atoms with E-state index in [9.17, 15) is 13.2 Å². The summed E-state index contributed by atoms with van der Waals surface area (Å²) < 4.78 is 36.3. The first-order valence-electron chi connectivity index (χ1n) is 5.92. The molecule has 0 heterocycles. The van der Waals surface area contributed by atoms with Gasteiger partial charge in [0.15, 0.2) is 0 Å². The van der Waals surface area contributed by atoms with Gasteiger partial charge in [0.05, 0.1) is 5.57 Å². The van der Waals surface area contributed by atoms with Gasteiger partial charge in [-0.2, -0.15) is 13.2 Å². The smallest absolute Gasteiger partial charge is 0.166 e. The van der Waals surface area contributed by atoms with E-state index in [1.165, 1.54) is 12.2 Å². The lowest BCUT2D eigenvalue weighted by molar-refractivity contribution is -0.0884. The van der Waals surface area contributed by atoms with Crippen LogP contribution >= 0.6 is 0 Å². The van der Waals surface area contributed by atoms with Gasteiger partial charge in [0.2, 0.25) is 0 Å². The van der Waals surface area contributed by atoms with Crippen LogP contribution in [0.4, 0.5) is 13.2 Å². The second-order valence-electron chi connectivity index (χ2n) is 2.45. The van der Waals surface area contributed by atoms with Gasteiger partial charge < -0.3 is 0 Å². The SMILES string of the molecule is CC.CC.CC=C/C(=C\CCC)C(F)(F)F. The number of halogens is 3. The first kappa shape index (κ1) is 20.7. The van der Waals surface area contributed by atoms with Crippen molar-refractivity contribution in [1.82, 2.24) is 0 Å². The maximum atomic E-state index is 12.1. The highest BCUT2D eigenvalue weighted by atomic mass is 19.4. The van der Waals surface area contributed by atoms with E-state index in [1.54, 1.807) is 6.92 Å². The number of hydrogen-bond acceptors (Lipinski definition) is 0. The molecule has 3 heteroatoms. The van der Waals surface area contributed by atoms with Crippen LogP contribution in [0.5, 0.6) is 0 Å². The Kier molecular flexibility index (Phi) is 18.4. The van der Waals surface area contributed by atoms with Crippen LogP contribution in [-0.2, 0) is 0 Å². The molecule has 0 fully saturated rings. The molecule has 0 bridgehead atoms. The number of allylic oxidation sites excluding steroid dienone is 4. The minimum atomic E-state index is -4.21. The van der Waals surface area contributed by atoms with E-state index in [2.05, 4.69) is 0 Å². The van der Waals surface area contributed by atoms with Gasteiger partial charge in [-0.3, -0.25) is 0 Å². The van der Waals surface area contributed by atoms with Crippen LogP contribution in [-0.4, -0.2) is 6.18 Å². The van der Waals surface area contributed by atoms with Crippen molar-refractivity contribution in [2.45, 2.75) is 60.6 Å². The van der Waals surface area contributed by atoms with Crippen molar-refractivity contribution in [3.8, 4) is 0 Å². The van der Waals surface area contributed by atoms with E-state index in [-0.39, 0.29) is 0 Å². The summed E-state index contributed by atoms with van der Waals surface area (Å²) in [4.78, 5) is 0. The van der Waals surface area contributed by atoms with Crippen molar-refractivity contribution in [2.24, 2.45) is 0 Å². The molecule has 0 unspecified atom stereocenters. The molecule has 0 rings (SSSR count). The molecule has 0 radical (unpaired) electrons. The summed E-state index contributed by atoms with van der Waals surface area (Å²) in [5.74, 6) is 0. The fourth-order valence-electron chi connectivity index (χ4n) is 0.758. The highest BCUT2D eigenvalue weighted by molar-refractivity contribution is 5.23. The average Bonchev–Trinajstić information content (AvgIpc) is 2.28. The maximum absolute atomic E-state index is 12.1. The standard InChI is InChI=1S/C9H13F3.2C2H6/c1-3-5-7-8(6-4-2)9(10,11)12;2*1-2/h4,6-7H,3,5H2,1-2H3;2*1-2H3/b6-4?,8-7+;;. The topological polar surface area (TPSA) is 0 Å². The molecule has 0 spiro atoms. The quantitative estimate of drug-likeness (QED) is 0.537. The Hall–Kier alpha value is -0.730. The lowest BCUT2D eigenvalue weighted by atomic mass is 10.2. The second-order valence-corrected chi connectivity index (χ2v) is 2.45. The minimum Gasteiger partial charge on any atom is -0.166 e. The Bertz CT molecular complexity index is 176. The van der Waals surface area contributed by atoms with Crippen LogP contribution in [0.2, 0.25) is 0 Å².